The summed E-state index contributed by atoms with van der Waals surface area (Å²) < 4.78 is 6.37. The van der Waals surface area contributed by atoms with E-state index in [1.165, 1.54) is 5.56 Å². The first kappa shape index (κ1) is 48.8. The van der Waals surface area contributed by atoms with E-state index >= 15 is 0 Å². The number of hydrogen-bond acceptors (Lipinski definition) is 4. The van der Waals surface area contributed by atoms with Crippen molar-refractivity contribution in [1.82, 2.24) is 15.0 Å². The number of fused-ring (bicyclic) bond motifs is 3. The Bertz CT molecular complexity index is 4290. The molecule has 0 aliphatic carbocycles. The van der Waals surface area contributed by atoms with Crippen molar-refractivity contribution in [3.8, 4) is 112 Å². The second kappa shape index (κ2) is 20.9. The SMILES string of the molecule is Cc1ccc(-c2[c-]cc(-c3ccccc3-c3cc(-c4ccccc4-c4c[c-]c(-c5cc(C)ccn5)cc4)cc(-c4ccccc4-c4c[c-]c(-c5cc(-c6ccc7c(oc8ccccc87)c6C)ccn5)cc4)c3)cc2)nc1.[Ir+3]. The number of para-hydroxylation sites is 1. The van der Waals surface area contributed by atoms with Crippen molar-refractivity contribution in [2.75, 3.05) is 0 Å². The predicted octanol–water partition coefficient (Wildman–Crippen LogP) is 18.8. The molecule has 0 fully saturated rings. The number of rotatable bonds is 10. The largest absolute Gasteiger partial charge is 3.00 e. The van der Waals surface area contributed by atoms with Crippen molar-refractivity contribution in [3.63, 3.8) is 0 Å². The summed E-state index contributed by atoms with van der Waals surface area (Å²) in [6.07, 6.45) is 5.65. The number of benzene rings is 9. The van der Waals surface area contributed by atoms with Gasteiger partial charge in [-0.05, 0) is 130 Å². The van der Waals surface area contributed by atoms with E-state index in [2.05, 4.69) is 249 Å². The standard InChI is InChI=1S/C72H48N3O.Ir/c1-46-36-38-73-69(40-46)53-29-23-50(24-30-53)61-13-5-8-16-64(61)57-41-56(63-15-7-4-12-60(63)49-21-27-52(28-22-49)68-35-20-47(2)45-75-68)42-58(43-57)65-17-9-6-14-62(65)51-25-31-54(32-26-51)70-44-55(37-39-74-70)59-33-34-67-66-18-10-11-19-71(66)76-72(67)48(59)3;/h4-27,29,31,33-45H,1-3H3;/q-3;+3. The van der Waals surface area contributed by atoms with E-state index in [9.17, 15) is 0 Å². The number of aromatic nitrogens is 3. The minimum absolute atomic E-state index is 0. The zero-order chi connectivity index (χ0) is 51.1. The van der Waals surface area contributed by atoms with Crippen LogP contribution in [0.15, 0.2) is 241 Å². The van der Waals surface area contributed by atoms with Crippen LogP contribution in [-0.4, -0.2) is 15.0 Å². The fraction of sp³-hybridized carbons (Fsp3) is 0.0417. The Labute approximate surface area is 462 Å². The predicted molar refractivity (Wildman–Crippen MR) is 312 cm³/mol. The molecule has 13 rings (SSSR count). The molecule has 366 valence electrons. The first-order chi connectivity index (χ1) is 37.4. The molecule has 13 aromatic rings. The van der Waals surface area contributed by atoms with Crippen LogP contribution in [0.3, 0.4) is 0 Å². The van der Waals surface area contributed by atoms with Crippen molar-refractivity contribution in [3.05, 3.63) is 272 Å². The van der Waals surface area contributed by atoms with Gasteiger partial charge in [0.25, 0.3) is 0 Å². The van der Waals surface area contributed by atoms with Crippen LogP contribution >= 0.6 is 0 Å². The molecule has 0 aliphatic rings. The van der Waals surface area contributed by atoms with Crippen LogP contribution in [0, 0.1) is 39.0 Å². The molecule has 0 unspecified atom stereocenters. The molecule has 0 radical (unpaired) electrons. The van der Waals surface area contributed by atoms with Gasteiger partial charge in [-0.2, -0.15) is 0 Å². The summed E-state index contributed by atoms with van der Waals surface area (Å²) in [6, 6.07) is 88.1. The molecule has 0 atom stereocenters. The van der Waals surface area contributed by atoms with Gasteiger partial charge in [0.15, 0.2) is 0 Å². The summed E-state index contributed by atoms with van der Waals surface area (Å²) in [4.78, 5) is 14.2. The first-order valence-corrected chi connectivity index (χ1v) is 25.6. The fourth-order valence-corrected chi connectivity index (χ4v) is 10.6. The van der Waals surface area contributed by atoms with Gasteiger partial charge in [-0.1, -0.05) is 160 Å². The van der Waals surface area contributed by atoms with Crippen molar-refractivity contribution >= 4 is 21.9 Å². The quantitative estimate of drug-likeness (QED) is 0.128. The molecule has 4 heterocycles. The number of pyridine rings is 3. The smallest absolute Gasteiger partial charge is 0.456 e. The van der Waals surface area contributed by atoms with E-state index in [0.29, 0.717) is 0 Å². The molecule has 0 spiro atoms. The minimum Gasteiger partial charge on any atom is -0.456 e. The first-order valence-electron chi connectivity index (χ1n) is 25.6. The van der Waals surface area contributed by atoms with Crippen molar-refractivity contribution in [2.45, 2.75) is 20.8 Å². The summed E-state index contributed by atoms with van der Waals surface area (Å²) in [5.41, 5.74) is 26.2. The number of hydrogen-bond donors (Lipinski definition) is 0. The maximum Gasteiger partial charge on any atom is 3.00 e. The average molecular weight is 1160 g/mol. The number of nitrogens with zero attached hydrogens (tertiary/aromatic N) is 3. The van der Waals surface area contributed by atoms with Gasteiger partial charge in [-0.15, -0.1) is 89.5 Å². The van der Waals surface area contributed by atoms with Crippen LogP contribution in [-0.2, 0) is 20.1 Å². The Kier molecular flexibility index (Phi) is 13.2. The summed E-state index contributed by atoms with van der Waals surface area (Å²) in [5, 5.41) is 2.26. The zero-order valence-corrected chi connectivity index (χ0v) is 45.0. The number of aryl methyl sites for hydroxylation is 3. The summed E-state index contributed by atoms with van der Waals surface area (Å²) >= 11 is 0. The molecule has 0 amide bonds. The Morgan fingerprint density at radius 2 is 0.818 bits per heavy atom. The number of furan rings is 1. The Balaban J connectivity index is 0.00000596. The topological polar surface area (TPSA) is 51.8 Å². The van der Waals surface area contributed by atoms with Crippen LogP contribution in [0.1, 0.15) is 16.7 Å². The van der Waals surface area contributed by atoms with Gasteiger partial charge < -0.3 is 19.4 Å². The fourth-order valence-electron chi connectivity index (χ4n) is 10.6. The van der Waals surface area contributed by atoms with Crippen LogP contribution in [0.5, 0.6) is 0 Å². The van der Waals surface area contributed by atoms with Crippen molar-refractivity contribution in [1.29, 1.82) is 0 Å². The molecule has 0 saturated heterocycles. The third-order valence-electron chi connectivity index (χ3n) is 14.5. The molecule has 4 nitrogen and oxygen atoms in total. The third kappa shape index (κ3) is 9.53. The van der Waals surface area contributed by atoms with E-state index in [1.807, 2.05) is 36.8 Å². The summed E-state index contributed by atoms with van der Waals surface area (Å²) in [6.45, 7) is 6.28. The minimum atomic E-state index is 0. The Hall–Kier alpha value is -9.12. The summed E-state index contributed by atoms with van der Waals surface area (Å²) in [5.74, 6) is 0. The van der Waals surface area contributed by atoms with Crippen molar-refractivity contribution < 1.29 is 24.5 Å². The van der Waals surface area contributed by atoms with Gasteiger partial charge in [-0.25, -0.2) is 0 Å². The molecule has 0 aliphatic heterocycles. The molecule has 0 saturated carbocycles. The second-order valence-corrected chi connectivity index (χ2v) is 19.5. The van der Waals surface area contributed by atoms with Crippen LogP contribution < -0.4 is 0 Å². The van der Waals surface area contributed by atoms with Gasteiger partial charge in [-0.3, -0.25) is 0 Å². The summed E-state index contributed by atoms with van der Waals surface area (Å²) in [7, 11) is 0. The molecule has 9 aromatic carbocycles. The van der Waals surface area contributed by atoms with Crippen LogP contribution in [0.25, 0.3) is 134 Å². The molecule has 5 heteroatoms. The molecule has 0 bridgehead atoms. The zero-order valence-electron chi connectivity index (χ0n) is 42.6. The second-order valence-electron chi connectivity index (χ2n) is 19.5. The molecule has 4 aromatic heterocycles. The molecule has 77 heavy (non-hydrogen) atoms. The Morgan fingerprint density at radius 1 is 0.338 bits per heavy atom. The monoisotopic (exact) mass is 1160 g/mol. The van der Waals surface area contributed by atoms with E-state index in [1.54, 1.807) is 0 Å². The van der Waals surface area contributed by atoms with Gasteiger partial charge in [0.05, 0.1) is 0 Å². The molecular weight excluding hydrogens is 1120 g/mol. The van der Waals surface area contributed by atoms with E-state index in [0.717, 1.165) is 145 Å². The van der Waals surface area contributed by atoms with Gasteiger partial charge in [0.2, 0.25) is 0 Å². The average Bonchev–Trinajstić information content (AvgIpc) is 3.92. The van der Waals surface area contributed by atoms with Crippen LogP contribution in [0.2, 0.25) is 0 Å². The van der Waals surface area contributed by atoms with E-state index in [-0.39, 0.29) is 20.1 Å². The maximum absolute atomic E-state index is 6.37. The van der Waals surface area contributed by atoms with Gasteiger partial charge in [0.1, 0.15) is 11.2 Å². The normalized spacial score (nSPS) is 11.2. The van der Waals surface area contributed by atoms with Crippen molar-refractivity contribution in [2.24, 2.45) is 0 Å². The molecule has 0 N–H and O–H groups in total. The maximum atomic E-state index is 6.37. The van der Waals surface area contributed by atoms with Crippen LogP contribution in [0.4, 0.5) is 0 Å². The van der Waals surface area contributed by atoms with Gasteiger partial charge in [0, 0.05) is 34.9 Å². The molecular formula is C72H48IrN3O. The third-order valence-corrected chi connectivity index (χ3v) is 14.5. The van der Waals surface area contributed by atoms with E-state index < -0.39 is 0 Å². The van der Waals surface area contributed by atoms with E-state index in [4.69, 9.17) is 9.40 Å². The van der Waals surface area contributed by atoms with Gasteiger partial charge >= 0.3 is 20.1 Å². The Morgan fingerprint density at radius 3 is 1.31 bits per heavy atom.